The molecule has 0 fully saturated rings. The number of hydrogen-bond donors (Lipinski definition) is 2. The number of hydrogen-bond acceptors (Lipinski definition) is 7. The number of rotatable bonds is 5. The number of amides is 1. The average Bonchev–Trinajstić information content (AvgIpc) is 2.54. The van der Waals surface area contributed by atoms with Gasteiger partial charge in [0, 0.05) is 23.8 Å². The summed E-state index contributed by atoms with van der Waals surface area (Å²) in [6, 6.07) is 0. The Bertz CT molecular complexity index is 758. The predicted octanol–water partition coefficient (Wildman–Crippen LogP) is 0.164. The Morgan fingerprint density at radius 2 is 2.08 bits per heavy atom. The lowest BCUT2D eigenvalue weighted by molar-refractivity contribution is -0.140. The van der Waals surface area contributed by atoms with Crippen LogP contribution in [0.15, 0.2) is 33.8 Å². The lowest BCUT2D eigenvalue weighted by Gasteiger charge is -2.26. The number of carbonyl (C=O) groups is 2. The van der Waals surface area contributed by atoms with Gasteiger partial charge in [-0.1, -0.05) is 0 Å². The molecule has 2 heterocycles. The highest BCUT2D eigenvalue weighted by atomic mass is 32.2. The molecule has 0 saturated heterocycles. The Morgan fingerprint density at radius 3 is 2.68 bits per heavy atom. The monoisotopic (exact) mass is 372 g/mol. The first-order valence-corrected chi connectivity index (χ1v) is 9.32. The molecule has 9 nitrogen and oxygen atoms in total. The van der Waals surface area contributed by atoms with Gasteiger partial charge in [-0.2, -0.15) is 0 Å². The normalized spacial score (nSPS) is 19.1. The maximum atomic E-state index is 12.4. The minimum atomic E-state index is -4.21. The molecule has 25 heavy (non-hydrogen) atoms. The Morgan fingerprint density at radius 1 is 1.36 bits per heavy atom. The Kier molecular flexibility index (Phi) is 5.85. The summed E-state index contributed by atoms with van der Waals surface area (Å²) in [4.78, 5) is 24.7. The fourth-order valence-electron chi connectivity index (χ4n) is 2.40. The van der Waals surface area contributed by atoms with Crippen molar-refractivity contribution in [3.63, 3.8) is 0 Å². The number of primary sulfonamides is 1. The molecule has 0 saturated carbocycles. The average molecular weight is 372 g/mol. The van der Waals surface area contributed by atoms with Crippen molar-refractivity contribution in [1.29, 1.82) is 0 Å². The van der Waals surface area contributed by atoms with E-state index in [2.05, 4.69) is 5.32 Å². The summed E-state index contributed by atoms with van der Waals surface area (Å²) in [6.45, 7) is 3.94. The van der Waals surface area contributed by atoms with Gasteiger partial charge in [0.15, 0.2) is 0 Å². The van der Waals surface area contributed by atoms with E-state index in [0.29, 0.717) is 25.0 Å². The third-order valence-electron chi connectivity index (χ3n) is 3.42. The SMILES string of the molecule is CCNC(=O)C(C(=O)OCC)=C1C=C(S(N)(=O)=O)OC2=C1CCCO2. The summed E-state index contributed by atoms with van der Waals surface area (Å²) in [5.41, 5.74) is 0.188. The lowest BCUT2D eigenvalue weighted by Crippen LogP contribution is -2.32. The molecule has 10 heteroatoms. The number of nitrogens with one attached hydrogen (secondary N) is 1. The van der Waals surface area contributed by atoms with E-state index in [9.17, 15) is 18.0 Å². The quantitative estimate of drug-likeness (QED) is 0.304. The maximum absolute atomic E-state index is 12.4. The van der Waals surface area contributed by atoms with Gasteiger partial charge in [0.05, 0.1) is 13.2 Å². The van der Waals surface area contributed by atoms with Crippen LogP contribution in [0.4, 0.5) is 0 Å². The molecule has 1 amide bonds. The van der Waals surface area contributed by atoms with Gasteiger partial charge in [0.2, 0.25) is 5.09 Å². The molecule has 3 N–H and O–H groups in total. The van der Waals surface area contributed by atoms with Crippen LogP contribution >= 0.6 is 0 Å². The summed E-state index contributed by atoms with van der Waals surface area (Å²) in [7, 11) is -4.21. The number of sulfonamides is 1. The van der Waals surface area contributed by atoms with Gasteiger partial charge >= 0.3 is 5.97 Å². The number of carbonyl (C=O) groups excluding carboxylic acids is 2. The number of allylic oxidation sites excluding steroid dienone is 3. The standard InChI is InChI=1S/C15H20N2O7S/c1-3-17-13(18)12(14(19)22-4-2)10-8-11(25(16,20)21)24-15-9(10)6-5-7-23-15/h8H,3-7H2,1-2H3,(H,17,18)(H2,16,20,21). The first-order chi connectivity index (χ1) is 11.8. The predicted molar refractivity (Wildman–Crippen MR) is 86.8 cm³/mol. The summed E-state index contributed by atoms with van der Waals surface area (Å²) in [5, 5.41) is 7.04. The molecular formula is C15H20N2O7S. The van der Waals surface area contributed by atoms with Crippen molar-refractivity contribution in [3.8, 4) is 0 Å². The second-order valence-electron chi connectivity index (χ2n) is 5.20. The summed E-state index contributed by atoms with van der Waals surface area (Å²) in [6.07, 6.45) is 2.13. The van der Waals surface area contributed by atoms with E-state index in [1.54, 1.807) is 13.8 Å². The van der Waals surface area contributed by atoms with Crippen molar-refractivity contribution in [3.05, 3.63) is 33.8 Å². The van der Waals surface area contributed by atoms with E-state index in [-0.39, 0.29) is 30.2 Å². The van der Waals surface area contributed by atoms with Crippen molar-refractivity contribution in [1.82, 2.24) is 5.32 Å². The summed E-state index contributed by atoms with van der Waals surface area (Å²) in [5.74, 6) is -1.62. The molecule has 2 aliphatic heterocycles. The molecule has 138 valence electrons. The van der Waals surface area contributed by atoms with Crippen molar-refractivity contribution < 1.29 is 32.2 Å². The van der Waals surface area contributed by atoms with Crippen LogP contribution < -0.4 is 10.5 Å². The highest BCUT2D eigenvalue weighted by molar-refractivity contribution is 7.92. The molecular weight excluding hydrogens is 352 g/mol. The highest BCUT2D eigenvalue weighted by Gasteiger charge is 2.34. The fraction of sp³-hybridized carbons (Fsp3) is 0.467. The van der Waals surface area contributed by atoms with Gasteiger partial charge in [-0.05, 0) is 26.7 Å². The van der Waals surface area contributed by atoms with E-state index in [1.807, 2.05) is 0 Å². The first kappa shape index (κ1) is 19.0. The molecule has 0 bridgehead atoms. The molecule has 2 rings (SSSR count). The summed E-state index contributed by atoms with van der Waals surface area (Å²) < 4.78 is 38.9. The zero-order valence-electron chi connectivity index (χ0n) is 14.0. The molecule has 0 spiro atoms. The van der Waals surface area contributed by atoms with Gasteiger partial charge in [0.1, 0.15) is 5.57 Å². The van der Waals surface area contributed by atoms with Crippen molar-refractivity contribution in [2.24, 2.45) is 5.14 Å². The van der Waals surface area contributed by atoms with E-state index in [1.165, 1.54) is 0 Å². The maximum Gasteiger partial charge on any atom is 0.344 e. The Balaban J connectivity index is 2.69. The van der Waals surface area contributed by atoms with Crippen LogP contribution in [-0.4, -0.2) is 40.1 Å². The van der Waals surface area contributed by atoms with Gasteiger partial charge < -0.3 is 19.5 Å². The smallest absolute Gasteiger partial charge is 0.344 e. The van der Waals surface area contributed by atoms with E-state index in [0.717, 1.165) is 6.08 Å². The second-order valence-corrected chi connectivity index (χ2v) is 6.69. The van der Waals surface area contributed by atoms with E-state index in [4.69, 9.17) is 19.3 Å². The number of likely N-dealkylation sites (N-methyl/N-ethyl adjacent to an activating group) is 1. The number of ether oxygens (including phenoxy) is 3. The zero-order chi connectivity index (χ0) is 18.6. The number of esters is 1. The van der Waals surface area contributed by atoms with Gasteiger partial charge in [0.25, 0.3) is 21.9 Å². The molecule has 0 aromatic rings. The van der Waals surface area contributed by atoms with Crippen LogP contribution in [-0.2, 0) is 33.8 Å². The topological polar surface area (TPSA) is 134 Å². The molecule has 0 atom stereocenters. The van der Waals surface area contributed by atoms with Crippen molar-refractivity contribution >= 4 is 21.9 Å². The third kappa shape index (κ3) is 4.20. The minimum absolute atomic E-state index is 0.0552. The fourth-order valence-corrected chi connectivity index (χ4v) is 2.88. The van der Waals surface area contributed by atoms with Crippen LogP contribution in [0.2, 0.25) is 0 Å². The molecule has 0 aromatic carbocycles. The van der Waals surface area contributed by atoms with Crippen molar-refractivity contribution in [2.75, 3.05) is 19.8 Å². The van der Waals surface area contributed by atoms with E-state index < -0.39 is 27.0 Å². The third-order valence-corrected chi connectivity index (χ3v) is 4.19. The van der Waals surface area contributed by atoms with Crippen LogP contribution in [0.1, 0.15) is 26.7 Å². The largest absolute Gasteiger partial charge is 0.465 e. The molecule has 0 radical (unpaired) electrons. The van der Waals surface area contributed by atoms with Gasteiger partial charge in [-0.3, -0.25) is 4.79 Å². The molecule has 0 aliphatic carbocycles. The van der Waals surface area contributed by atoms with Gasteiger partial charge in [-0.25, -0.2) is 18.4 Å². The molecule has 0 unspecified atom stereocenters. The van der Waals surface area contributed by atoms with Crippen LogP contribution in [0.25, 0.3) is 0 Å². The van der Waals surface area contributed by atoms with Crippen LogP contribution in [0.5, 0.6) is 0 Å². The van der Waals surface area contributed by atoms with Crippen LogP contribution in [0.3, 0.4) is 0 Å². The lowest BCUT2D eigenvalue weighted by atomic mass is 9.94. The Labute approximate surface area is 145 Å². The van der Waals surface area contributed by atoms with E-state index >= 15 is 0 Å². The number of nitrogens with two attached hydrogens (primary N) is 1. The second kappa shape index (κ2) is 7.70. The highest BCUT2D eigenvalue weighted by Crippen LogP contribution is 2.36. The molecule has 2 aliphatic rings. The van der Waals surface area contributed by atoms with Crippen molar-refractivity contribution in [2.45, 2.75) is 26.7 Å². The zero-order valence-corrected chi connectivity index (χ0v) is 14.8. The van der Waals surface area contributed by atoms with Crippen LogP contribution in [0, 0.1) is 0 Å². The molecule has 0 aromatic heterocycles. The first-order valence-electron chi connectivity index (χ1n) is 7.77. The van der Waals surface area contributed by atoms with Gasteiger partial charge in [-0.15, -0.1) is 0 Å². The Hall–Kier alpha value is -2.33. The minimum Gasteiger partial charge on any atom is -0.465 e. The summed E-state index contributed by atoms with van der Waals surface area (Å²) >= 11 is 0.